The van der Waals surface area contributed by atoms with Crippen molar-refractivity contribution in [1.29, 1.82) is 0 Å². The van der Waals surface area contributed by atoms with Crippen LogP contribution in [-0.2, 0) is 10.0 Å². The van der Waals surface area contributed by atoms with E-state index in [1.54, 1.807) is 6.92 Å². The zero-order chi connectivity index (χ0) is 14.8. The Hall–Kier alpha value is -1.18. The Morgan fingerprint density at radius 1 is 1.40 bits per heavy atom. The van der Waals surface area contributed by atoms with Gasteiger partial charge in [-0.2, -0.15) is 0 Å². The highest BCUT2D eigenvalue weighted by Gasteiger charge is 2.22. The molecule has 1 fully saturated rings. The van der Waals surface area contributed by atoms with E-state index in [4.69, 9.17) is 5.73 Å². The molecular formula is C13H20FN3O2S. The van der Waals surface area contributed by atoms with Gasteiger partial charge in [0, 0.05) is 12.6 Å². The van der Waals surface area contributed by atoms with Crippen molar-refractivity contribution >= 4 is 15.7 Å². The summed E-state index contributed by atoms with van der Waals surface area (Å²) in [6, 6.07) is 3.10. The average Bonchev–Trinajstić information content (AvgIpc) is 2.84. The first kappa shape index (κ1) is 15.2. The summed E-state index contributed by atoms with van der Waals surface area (Å²) in [5, 5.41) is 0. The summed E-state index contributed by atoms with van der Waals surface area (Å²) in [6.45, 7) is 4.43. The second-order valence-electron chi connectivity index (χ2n) is 5.21. The molecule has 20 heavy (non-hydrogen) atoms. The van der Waals surface area contributed by atoms with E-state index < -0.39 is 15.8 Å². The topological polar surface area (TPSA) is 75.4 Å². The monoisotopic (exact) mass is 301 g/mol. The van der Waals surface area contributed by atoms with Crippen molar-refractivity contribution in [3.63, 3.8) is 0 Å². The molecule has 1 aliphatic heterocycles. The second kappa shape index (κ2) is 6.07. The first-order chi connectivity index (χ1) is 9.38. The fourth-order valence-corrected chi connectivity index (χ4v) is 3.84. The Balaban J connectivity index is 2.08. The van der Waals surface area contributed by atoms with Gasteiger partial charge in [0.2, 0.25) is 10.0 Å². The predicted octanol–water partition coefficient (Wildman–Crippen LogP) is 1.17. The van der Waals surface area contributed by atoms with Gasteiger partial charge in [-0.1, -0.05) is 0 Å². The summed E-state index contributed by atoms with van der Waals surface area (Å²) in [5.74, 6) is -0.619. The van der Waals surface area contributed by atoms with Crippen LogP contribution in [0.25, 0.3) is 0 Å². The average molecular weight is 301 g/mol. The Kier molecular flexibility index (Phi) is 4.62. The van der Waals surface area contributed by atoms with E-state index in [9.17, 15) is 12.8 Å². The van der Waals surface area contributed by atoms with Crippen molar-refractivity contribution in [2.24, 2.45) is 0 Å². The van der Waals surface area contributed by atoms with E-state index in [1.807, 2.05) is 0 Å². The molecule has 1 aliphatic rings. The van der Waals surface area contributed by atoms with Gasteiger partial charge >= 0.3 is 0 Å². The van der Waals surface area contributed by atoms with Crippen LogP contribution >= 0.6 is 0 Å². The molecule has 1 aromatic rings. The molecule has 0 amide bonds. The maximum Gasteiger partial charge on any atom is 0.243 e. The highest BCUT2D eigenvalue weighted by Crippen LogP contribution is 2.19. The lowest BCUT2D eigenvalue weighted by atomic mass is 10.3. The zero-order valence-electron chi connectivity index (χ0n) is 11.5. The van der Waals surface area contributed by atoms with Gasteiger partial charge in [-0.05, 0) is 51.1 Å². The lowest BCUT2D eigenvalue weighted by molar-refractivity contribution is 0.313. The van der Waals surface area contributed by atoms with Crippen LogP contribution in [0.2, 0.25) is 0 Å². The van der Waals surface area contributed by atoms with Crippen LogP contribution in [0.4, 0.5) is 10.1 Å². The lowest BCUT2D eigenvalue weighted by Crippen LogP contribution is -2.41. The number of benzene rings is 1. The van der Waals surface area contributed by atoms with Crippen molar-refractivity contribution in [2.45, 2.75) is 30.7 Å². The van der Waals surface area contributed by atoms with Gasteiger partial charge in [0.1, 0.15) is 10.7 Å². The molecule has 0 spiro atoms. The van der Waals surface area contributed by atoms with Crippen LogP contribution in [0.5, 0.6) is 0 Å². The molecule has 7 heteroatoms. The third-order valence-corrected chi connectivity index (χ3v) is 5.00. The summed E-state index contributed by atoms with van der Waals surface area (Å²) in [7, 11) is -3.80. The van der Waals surface area contributed by atoms with Crippen LogP contribution in [0.15, 0.2) is 23.1 Å². The molecule has 0 aromatic heterocycles. The van der Waals surface area contributed by atoms with Gasteiger partial charge in [0.05, 0.1) is 5.69 Å². The molecule has 0 bridgehead atoms. The van der Waals surface area contributed by atoms with Crippen molar-refractivity contribution in [2.75, 3.05) is 25.4 Å². The second-order valence-corrected chi connectivity index (χ2v) is 6.89. The lowest BCUT2D eigenvalue weighted by Gasteiger charge is -2.21. The SMILES string of the molecule is CC(CN1CCCC1)NS(=O)(=O)c1cc(F)ccc1N. The van der Waals surface area contributed by atoms with E-state index in [0.717, 1.165) is 38.1 Å². The first-order valence-corrected chi connectivity index (χ1v) is 8.16. The molecule has 1 heterocycles. The Morgan fingerprint density at radius 3 is 2.70 bits per heavy atom. The van der Waals surface area contributed by atoms with Gasteiger partial charge in [-0.25, -0.2) is 17.5 Å². The molecule has 2 rings (SSSR count). The predicted molar refractivity (Wildman–Crippen MR) is 76.3 cm³/mol. The fraction of sp³-hybridized carbons (Fsp3) is 0.538. The quantitative estimate of drug-likeness (QED) is 0.801. The van der Waals surface area contributed by atoms with Crippen LogP contribution in [0, 0.1) is 5.82 Å². The minimum absolute atomic E-state index is 0.0484. The number of nitrogens with one attached hydrogen (secondary N) is 1. The number of hydrogen-bond donors (Lipinski definition) is 2. The molecule has 0 saturated carbocycles. The molecule has 5 nitrogen and oxygen atoms in total. The summed E-state index contributed by atoms with van der Waals surface area (Å²) >= 11 is 0. The number of hydrogen-bond acceptors (Lipinski definition) is 4. The fourth-order valence-electron chi connectivity index (χ4n) is 2.46. The first-order valence-electron chi connectivity index (χ1n) is 6.68. The van der Waals surface area contributed by atoms with E-state index in [-0.39, 0.29) is 16.6 Å². The summed E-state index contributed by atoms with van der Waals surface area (Å²) in [5.41, 5.74) is 5.67. The highest BCUT2D eigenvalue weighted by atomic mass is 32.2. The summed E-state index contributed by atoms with van der Waals surface area (Å²) in [6.07, 6.45) is 2.30. The van der Waals surface area contributed by atoms with E-state index >= 15 is 0 Å². The summed E-state index contributed by atoms with van der Waals surface area (Å²) in [4.78, 5) is 2.01. The van der Waals surface area contributed by atoms with E-state index in [0.29, 0.717) is 6.54 Å². The maximum absolute atomic E-state index is 13.2. The van der Waals surface area contributed by atoms with Crippen LogP contribution in [-0.4, -0.2) is 39.0 Å². The molecule has 1 atom stereocenters. The number of rotatable bonds is 5. The molecule has 3 N–H and O–H groups in total. The number of nitrogens with two attached hydrogens (primary N) is 1. The number of anilines is 1. The molecule has 0 aliphatic carbocycles. The molecule has 0 radical (unpaired) electrons. The molecular weight excluding hydrogens is 281 g/mol. The van der Waals surface area contributed by atoms with Crippen LogP contribution in [0.1, 0.15) is 19.8 Å². The van der Waals surface area contributed by atoms with Crippen molar-refractivity contribution in [3.8, 4) is 0 Å². The molecule has 1 unspecified atom stereocenters. The third-order valence-electron chi connectivity index (χ3n) is 3.35. The van der Waals surface area contributed by atoms with Crippen LogP contribution in [0.3, 0.4) is 0 Å². The smallest absolute Gasteiger partial charge is 0.243 e. The molecule has 1 saturated heterocycles. The van der Waals surface area contributed by atoms with Gasteiger partial charge in [0.15, 0.2) is 0 Å². The maximum atomic E-state index is 13.2. The molecule has 1 aromatic carbocycles. The third kappa shape index (κ3) is 3.68. The number of sulfonamides is 1. The van der Waals surface area contributed by atoms with Gasteiger partial charge < -0.3 is 10.6 Å². The minimum Gasteiger partial charge on any atom is -0.398 e. The number of halogens is 1. The normalized spacial score (nSPS) is 18.3. The Labute approximate surface area is 119 Å². The van der Waals surface area contributed by atoms with Crippen molar-refractivity contribution in [1.82, 2.24) is 9.62 Å². The largest absolute Gasteiger partial charge is 0.398 e. The highest BCUT2D eigenvalue weighted by molar-refractivity contribution is 7.89. The minimum atomic E-state index is -3.80. The summed E-state index contributed by atoms with van der Waals surface area (Å²) < 4.78 is 40.2. The van der Waals surface area contributed by atoms with Gasteiger partial charge in [-0.3, -0.25) is 0 Å². The number of nitrogens with zero attached hydrogens (tertiary/aromatic N) is 1. The number of likely N-dealkylation sites (tertiary alicyclic amines) is 1. The van der Waals surface area contributed by atoms with Crippen molar-refractivity contribution < 1.29 is 12.8 Å². The van der Waals surface area contributed by atoms with E-state index in [2.05, 4.69) is 9.62 Å². The van der Waals surface area contributed by atoms with E-state index in [1.165, 1.54) is 6.07 Å². The zero-order valence-corrected chi connectivity index (χ0v) is 12.3. The number of nitrogen functional groups attached to an aromatic ring is 1. The standard InChI is InChI=1S/C13H20FN3O2S/c1-10(9-17-6-2-3-7-17)16-20(18,19)13-8-11(14)4-5-12(13)15/h4-5,8,10,16H,2-3,6-7,9,15H2,1H3. The molecule has 112 valence electrons. The Morgan fingerprint density at radius 2 is 2.05 bits per heavy atom. The van der Waals surface area contributed by atoms with Gasteiger partial charge in [0.25, 0.3) is 0 Å². The van der Waals surface area contributed by atoms with Crippen molar-refractivity contribution in [3.05, 3.63) is 24.0 Å². The Bertz CT molecular complexity index is 571. The van der Waals surface area contributed by atoms with Crippen LogP contribution < -0.4 is 10.5 Å². The van der Waals surface area contributed by atoms with Gasteiger partial charge in [-0.15, -0.1) is 0 Å².